The van der Waals surface area contributed by atoms with E-state index in [4.69, 9.17) is 16.3 Å². The molecule has 0 atom stereocenters. The van der Waals surface area contributed by atoms with E-state index in [2.05, 4.69) is 14.9 Å². The standard InChI is InChI=1S/C20H15ClF3N3O4S2/c1-2-31-19(28)16-10-14(5-8-17(16)32-18-9-13(21)11-25-26-18)27-33(29,30)15-6-3-12(4-7-15)20(22,23)24/h3-11,27H,2H2,1H3. The molecule has 0 bridgehead atoms. The highest BCUT2D eigenvalue weighted by Crippen LogP contribution is 2.33. The van der Waals surface area contributed by atoms with Crippen molar-refractivity contribution in [3.63, 3.8) is 0 Å². The number of aromatic nitrogens is 2. The van der Waals surface area contributed by atoms with Crippen LogP contribution >= 0.6 is 23.4 Å². The van der Waals surface area contributed by atoms with Gasteiger partial charge < -0.3 is 4.74 Å². The minimum Gasteiger partial charge on any atom is -0.462 e. The number of sulfonamides is 1. The van der Waals surface area contributed by atoms with Crippen LogP contribution in [0.5, 0.6) is 0 Å². The Labute approximate surface area is 196 Å². The Kier molecular flexibility index (Phi) is 7.50. The molecule has 3 rings (SSSR count). The normalized spacial score (nSPS) is 11.8. The second kappa shape index (κ2) is 9.98. The molecule has 2 aromatic carbocycles. The first-order valence-electron chi connectivity index (χ1n) is 9.17. The minimum atomic E-state index is -4.59. The largest absolute Gasteiger partial charge is 0.462 e. The molecule has 0 aliphatic heterocycles. The summed E-state index contributed by atoms with van der Waals surface area (Å²) in [6.07, 6.45) is -3.25. The van der Waals surface area contributed by atoms with Crippen LogP contribution in [0.25, 0.3) is 0 Å². The smallest absolute Gasteiger partial charge is 0.416 e. The zero-order chi connectivity index (χ0) is 24.2. The van der Waals surface area contributed by atoms with Gasteiger partial charge in [0.2, 0.25) is 0 Å². The predicted octanol–water partition coefficient (Wildman–Crippen LogP) is 5.28. The number of rotatable bonds is 7. The van der Waals surface area contributed by atoms with Gasteiger partial charge in [0, 0.05) is 10.6 Å². The molecule has 7 nitrogen and oxygen atoms in total. The number of carbonyl (C=O) groups is 1. The summed E-state index contributed by atoms with van der Waals surface area (Å²) in [5.74, 6) is -0.703. The fourth-order valence-electron chi connectivity index (χ4n) is 2.58. The van der Waals surface area contributed by atoms with Crippen molar-refractivity contribution in [2.75, 3.05) is 11.3 Å². The number of nitrogens with one attached hydrogen (secondary N) is 1. The van der Waals surface area contributed by atoms with Crippen LogP contribution in [0.2, 0.25) is 5.02 Å². The molecule has 0 unspecified atom stereocenters. The molecule has 0 saturated carbocycles. The summed E-state index contributed by atoms with van der Waals surface area (Å²) in [7, 11) is -4.22. The summed E-state index contributed by atoms with van der Waals surface area (Å²) in [5, 5.41) is 8.38. The van der Waals surface area contributed by atoms with Crippen molar-refractivity contribution in [1.82, 2.24) is 10.2 Å². The highest BCUT2D eigenvalue weighted by atomic mass is 35.5. The van der Waals surface area contributed by atoms with Crippen LogP contribution in [0.1, 0.15) is 22.8 Å². The summed E-state index contributed by atoms with van der Waals surface area (Å²) in [4.78, 5) is 12.5. The molecule has 1 aromatic heterocycles. The number of benzene rings is 2. The van der Waals surface area contributed by atoms with E-state index in [9.17, 15) is 26.4 Å². The summed E-state index contributed by atoms with van der Waals surface area (Å²) >= 11 is 6.97. The maximum absolute atomic E-state index is 12.7. The van der Waals surface area contributed by atoms with Crippen molar-refractivity contribution in [3.8, 4) is 0 Å². The van der Waals surface area contributed by atoms with Crippen molar-refractivity contribution in [1.29, 1.82) is 0 Å². The average molecular weight is 518 g/mol. The van der Waals surface area contributed by atoms with E-state index in [0.29, 0.717) is 27.1 Å². The summed E-state index contributed by atoms with van der Waals surface area (Å²) in [6.45, 7) is 1.70. The highest BCUT2D eigenvalue weighted by molar-refractivity contribution is 7.99. The van der Waals surface area contributed by atoms with Gasteiger partial charge in [0.1, 0.15) is 5.03 Å². The molecule has 0 fully saturated rings. The molecule has 0 radical (unpaired) electrons. The lowest BCUT2D eigenvalue weighted by molar-refractivity contribution is -0.137. The van der Waals surface area contributed by atoms with Crippen LogP contribution in [0.15, 0.2) is 69.5 Å². The zero-order valence-electron chi connectivity index (χ0n) is 16.8. The van der Waals surface area contributed by atoms with Crippen molar-refractivity contribution >= 4 is 45.0 Å². The van der Waals surface area contributed by atoms with Crippen LogP contribution < -0.4 is 4.72 Å². The maximum Gasteiger partial charge on any atom is 0.416 e. The van der Waals surface area contributed by atoms with E-state index < -0.39 is 27.7 Å². The predicted molar refractivity (Wildman–Crippen MR) is 116 cm³/mol. The third kappa shape index (κ3) is 6.36. The number of halogens is 4. The Morgan fingerprint density at radius 2 is 1.85 bits per heavy atom. The molecule has 3 aromatic rings. The third-order valence-corrected chi connectivity index (χ3v) is 6.62. The maximum atomic E-state index is 12.7. The molecule has 0 saturated heterocycles. The summed E-state index contributed by atoms with van der Waals surface area (Å²) < 4.78 is 70.8. The van der Waals surface area contributed by atoms with Crippen molar-refractivity contribution < 1.29 is 31.1 Å². The van der Waals surface area contributed by atoms with Gasteiger partial charge in [-0.1, -0.05) is 23.4 Å². The first-order valence-corrected chi connectivity index (χ1v) is 11.8. The Bertz CT molecular complexity index is 1270. The number of alkyl halides is 3. The lowest BCUT2D eigenvalue weighted by Crippen LogP contribution is -2.15. The number of ether oxygens (including phenoxy) is 1. The molecule has 0 aliphatic carbocycles. The summed E-state index contributed by atoms with van der Waals surface area (Å²) in [5.41, 5.74) is -0.910. The number of hydrogen-bond donors (Lipinski definition) is 1. The van der Waals surface area contributed by atoms with Gasteiger partial charge in [-0.25, -0.2) is 13.2 Å². The monoisotopic (exact) mass is 517 g/mol. The lowest BCUT2D eigenvalue weighted by atomic mass is 10.2. The third-order valence-electron chi connectivity index (χ3n) is 4.03. The molecular weight excluding hydrogens is 503 g/mol. The lowest BCUT2D eigenvalue weighted by Gasteiger charge is -2.13. The molecule has 1 N–H and O–H groups in total. The SMILES string of the molecule is CCOC(=O)c1cc(NS(=O)(=O)c2ccc(C(F)(F)F)cc2)ccc1Sc1cc(Cl)cnn1. The van der Waals surface area contributed by atoms with Crippen LogP contribution in [-0.2, 0) is 20.9 Å². The minimum absolute atomic E-state index is 0.0134. The zero-order valence-corrected chi connectivity index (χ0v) is 19.1. The van der Waals surface area contributed by atoms with Gasteiger partial charge in [-0.15, -0.1) is 5.10 Å². The fourth-order valence-corrected chi connectivity index (χ4v) is 4.72. The molecule has 174 valence electrons. The van der Waals surface area contributed by atoms with Gasteiger partial charge >= 0.3 is 12.1 Å². The molecule has 33 heavy (non-hydrogen) atoms. The Morgan fingerprint density at radius 3 is 2.45 bits per heavy atom. The van der Waals surface area contributed by atoms with Crippen LogP contribution in [0.3, 0.4) is 0 Å². The Morgan fingerprint density at radius 1 is 1.15 bits per heavy atom. The molecule has 13 heteroatoms. The average Bonchev–Trinajstić information content (AvgIpc) is 2.74. The Balaban J connectivity index is 1.91. The Hall–Kier alpha value is -2.83. The molecule has 0 spiro atoms. The first kappa shape index (κ1) is 24.8. The van der Waals surface area contributed by atoms with E-state index >= 15 is 0 Å². The van der Waals surface area contributed by atoms with Crippen LogP contribution in [0.4, 0.5) is 18.9 Å². The second-order valence-electron chi connectivity index (χ2n) is 6.37. The number of anilines is 1. The number of nitrogens with zero attached hydrogens (tertiary/aromatic N) is 2. The number of hydrogen-bond acceptors (Lipinski definition) is 7. The van der Waals surface area contributed by atoms with Gasteiger partial charge in [0.05, 0.1) is 33.8 Å². The quantitative estimate of drug-likeness (QED) is 0.426. The summed E-state index contributed by atoms with van der Waals surface area (Å²) in [6, 6.07) is 8.71. The van der Waals surface area contributed by atoms with E-state index in [1.165, 1.54) is 30.5 Å². The van der Waals surface area contributed by atoms with Gasteiger partial charge in [-0.2, -0.15) is 18.3 Å². The number of esters is 1. The van der Waals surface area contributed by atoms with Crippen LogP contribution in [-0.4, -0.2) is 31.2 Å². The molecule has 0 amide bonds. The van der Waals surface area contributed by atoms with Crippen molar-refractivity contribution in [3.05, 3.63) is 70.9 Å². The second-order valence-corrected chi connectivity index (χ2v) is 9.55. The molecule has 0 aliphatic rings. The van der Waals surface area contributed by atoms with Gasteiger partial charge in [-0.05, 0) is 55.5 Å². The first-order chi connectivity index (χ1) is 15.5. The number of carbonyl (C=O) groups excluding carboxylic acids is 1. The van der Waals surface area contributed by atoms with E-state index in [0.717, 1.165) is 23.9 Å². The molecular formula is C20H15ClF3N3O4S2. The van der Waals surface area contributed by atoms with Gasteiger partial charge in [0.15, 0.2) is 0 Å². The van der Waals surface area contributed by atoms with Gasteiger partial charge in [-0.3, -0.25) is 4.72 Å². The molecule has 1 heterocycles. The fraction of sp³-hybridized carbons (Fsp3) is 0.150. The van der Waals surface area contributed by atoms with E-state index in [1.807, 2.05) is 0 Å². The topological polar surface area (TPSA) is 98.2 Å². The van der Waals surface area contributed by atoms with Crippen molar-refractivity contribution in [2.45, 2.75) is 27.9 Å². The van der Waals surface area contributed by atoms with E-state index in [1.54, 1.807) is 6.92 Å². The van der Waals surface area contributed by atoms with E-state index in [-0.39, 0.29) is 22.8 Å². The van der Waals surface area contributed by atoms with Crippen molar-refractivity contribution in [2.24, 2.45) is 0 Å². The highest BCUT2D eigenvalue weighted by Gasteiger charge is 2.30. The van der Waals surface area contributed by atoms with Crippen LogP contribution in [0, 0.1) is 0 Å². The van der Waals surface area contributed by atoms with Gasteiger partial charge in [0.25, 0.3) is 10.0 Å².